The van der Waals surface area contributed by atoms with E-state index in [2.05, 4.69) is 0 Å². The first-order valence-corrected chi connectivity index (χ1v) is 4.23. The van der Waals surface area contributed by atoms with Crippen molar-refractivity contribution in [3.05, 3.63) is 27.9 Å². The molecule has 1 aromatic heterocycles. The van der Waals surface area contributed by atoms with Gasteiger partial charge in [0.2, 0.25) is 0 Å². The molecule has 1 rings (SSSR count). The van der Waals surface area contributed by atoms with Gasteiger partial charge in [0.1, 0.15) is 0 Å². The Morgan fingerprint density at radius 3 is 3.00 bits per heavy atom. The van der Waals surface area contributed by atoms with E-state index in [0.717, 1.165) is 10.5 Å². The molecule has 54 valence electrons. The maximum atomic E-state index is 5.52. The summed E-state index contributed by atoms with van der Waals surface area (Å²) < 4.78 is 0. The molecule has 0 radical (unpaired) electrons. The van der Waals surface area contributed by atoms with Gasteiger partial charge in [-0.15, -0.1) is 11.3 Å². The third-order valence-corrected chi connectivity index (χ3v) is 2.40. The predicted molar refractivity (Wildman–Crippen MR) is 47.2 cm³/mol. The molecule has 0 fully saturated rings. The molecular formula is C7H8ClNS. The Morgan fingerprint density at radius 2 is 2.60 bits per heavy atom. The van der Waals surface area contributed by atoms with E-state index in [1.54, 1.807) is 11.3 Å². The minimum atomic E-state index is 0.504. The molecule has 0 saturated heterocycles. The molecule has 0 aliphatic carbocycles. The monoisotopic (exact) mass is 173 g/mol. The van der Waals surface area contributed by atoms with Crippen LogP contribution in [0, 0.1) is 0 Å². The Balaban J connectivity index is 2.85. The van der Waals surface area contributed by atoms with Gasteiger partial charge in [-0.3, -0.25) is 0 Å². The van der Waals surface area contributed by atoms with Gasteiger partial charge in [-0.2, -0.15) is 0 Å². The van der Waals surface area contributed by atoms with Crippen LogP contribution in [0.25, 0.3) is 5.57 Å². The number of thiophene rings is 1. The Kier molecular flexibility index (Phi) is 2.93. The van der Waals surface area contributed by atoms with E-state index in [9.17, 15) is 0 Å². The fourth-order valence-corrected chi connectivity index (χ4v) is 1.69. The molecule has 1 heterocycles. The lowest BCUT2D eigenvalue weighted by Crippen LogP contribution is -1.99. The van der Waals surface area contributed by atoms with Gasteiger partial charge in [-0.25, -0.2) is 0 Å². The zero-order valence-electron chi connectivity index (χ0n) is 5.38. The minimum absolute atomic E-state index is 0.504. The largest absolute Gasteiger partial charge is 0.326 e. The lowest BCUT2D eigenvalue weighted by molar-refractivity contribution is 1.28. The van der Waals surface area contributed by atoms with Crippen molar-refractivity contribution in [2.45, 2.75) is 0 Å². The SMILES string of the molecule is NC/C(=C\Cl)c1cccs1. The maximum Gasteiger partial charge on any atom is 0.0323 e. The molecule has 0 spiro atoms. The van der Waals surface area contributed by atoms with Crippen LogP contribution in [0.1, 0.15) is 4.88 Å². The second kappa shape index (κ2) is 3.76. The van der Waals surface area contributed by atoms with Crippen molar-refractivity contribution >= 4 is 28.5 Å². The number of hydrogen-bond acceptors (Lipinski definition) is 2. The van der Waals surface area contributed by atoms with E-state index >= 15 is 0 Å². The average Bonchev–Trinajstić information content (AvgIpc) is 2.43. The first kappa shape index (κ1) is 7.79. The Labute approximate surface area is 69.1 Å². The standard InChI is InChI=1S/C7H8ClNS/c8-4-6(5-9)7-2-1-3-10-7/h1-4H,5,9H2/b6-4+. The lowest BCUT2D eigenvalue weighted by Gasteiger charge is -1.95. The second-order valence-electron chi connectivity index (χ2n) is 1.82. The number of rotatable bonds is 2. The molecule has 2 N–H and O–H groups in total. The summed E-state index contributed by atoms with van der Waals surface area (Å²) in [5.74, 6) is 0. The zero-order valence-corrected chi connectivity index (χ0v) is 6.95. The van der Waals surface area contributed by atoms with E-state index in [4.69, 9.17) is 17.3 Å². The van der Waals surface area contributed by atoms with Crippen LogP contribution in [0.15, 0.2) is 23.0 Å². The van der Waals surface area contributed by atoms with Crippen molar-refractivity contribution in [1.29, 1.82) is 0 Å². The number of hydrogen-bond donors (Lipinski definition) is 1. The predicted octanol–water partition coefficient (Wildman–Crippen LogP) is 2.29. The molecular weight excluding hydrogens is 166 g/mol. The van der Waals surface area contributed by atoms with Gasteiger partial charge in [0.15, 0.2) is 0 Å². The number of nitrogens with two attached hydrogens (primary N) is 1. The van der Waals surface area contributed by atoms with Crippen LogP contribution in [0.3, 0.4) is 0 Å². The quantitative estimate of drug-likeness (QED) is 0.730. The first-order chi connectivity index (χ1) is 4.88. The molecule has 0 unspecified atom stereocenters. The molecule has 0 aromatic carbocycles. The first-order valence-electron chi connectivity index (χ1n) is 2.91. The third-order valence-electron chi connectivity index (χ3n) is 1.19. The van der Waals surface area contributed by atoms with Gasteiger partial charge < -0.3 is 5.73 Å². The van der Waals surface area contributed by atoms with Crippen molar-refractivity contribution in [3.63, 3.8) is 0 Å². The van der Waals surface area contributed by atoms with Crippen molar-refractivity contribution in [2.24, 2.45) is 5.73 Å². The molecule has 0 bridgehead atoms. The Bertz CT molecular complexity index is 216. The van der Waals surface area contributed by atoms with Gasteiger partial charge in [-0.1, -0.05) is 17.7 Å². The van der Waals surface area contributed by atoms with Crippen LogP contribution >= 0.6 is 22.9 Å². The molecule has 0 saturated carbocycles. The minimum Gasteiger partial charge on any atom is -0.326 e. The molecule has 3 heteroatoms. The Hall–Kier alpha value is -0.310. The van der Waals surface area contributed by atoms with Crippen LogP contribution in [0.4, 0.5) is 0 Å². The molecule has 1 nitrogen and oxygen atoms in total. The summed E-state index contributed by atoms with van der Waals surface area (Å²) in [6, 6.07) is 3.99. The molecule has 0 aliphatic heterocycles. The summed E-state index contributed by atoms with van der Waals surface area (Å²) in [7, 11) is 0. The summed E-state index contributed by atoms with van der Waals surface area (Å²) >= 11 is 7.17. The highest BCUT2D eigenvalue weighted by molar-refractivity contribution is 7.11. The fraction of sp³-hybridized carbons (Fsp3) is 0.143. The fourth-order valence-electron chi connectivity index (χ4n) is 0.660. The van der Waals surface area contributed by atoms with E-state index in [0.29, 0.717) is 6.54 Å². The van der Waals surface area contributed by atoms with E-state index in [1.165, 1.54) is 5.54 Å². The molecule has 0 atom stereocenters. The van der Waals surface area contributed by atoms with Crippen LogP contribution in [0.5, 0.6) is 0 Å². The van der Waals surface area contributed by atoms with Crippen LogP contribution in [-0.4, -0.2) is 6.54 Å². The van der Waals surface area contributed by atoms with Crippen molar-refractivity contribution < 1.29 is 0 Å². The smallest absolute Gasteiger partial charge is 0.0323 e. The van der Waals surface area contributed by atoms with Crippen molar-refractivity contribution in [2.75, 3.05) is 6.54 Å². The molecule has 1 aromatic rings. The summed E-state index contributed by atoms with van der Waals surface area (Å²) in [4.78, 5) is 1.15. The van der Waals surface area contributed by atoms with E-state index in [-0.39, 0.29) is 0 Å². The van der Waals surface area contributed by atoms with Gasteiger partial charge in [0.05, 0.1) is 0 Å². The van der Waals surface area contributed by atoms with E-state index in [1.807, 2.05) is 17.5 Å². The normalized spacial score (nSPS) is 12.0. The average molecular weight is 174 g/mol. The molecule has 0 amide bonds. The van der Waals surface area contributed by atoms with Gasteiger partial charge >= 0.3 is 0 Å². The van der Waals surface area contributed by atoms with Gasteiger partial charge in [0.25, 0.3) is 0 Å². The number of halogens is 1. The van der Waals surface area contributed by atoms with Crippen molar-refractivity contribution in [1.82, 2.24) is 0 Å². The van der Waals surface area contributed by atoms with Gasteiger partial charge in [0, 0.05) is 17.0 Å². The maximum absolute atomic E-state index is 5.52. The summed E-state index contributed by atoms with van der Waals surface area (Å²) in [6.45, 7) is 0.504. The highest BCUT2D eigenvalue weighted by Gasteiger charge is 1.97. The topological polar surface area (TPSA) is 26.0 Å². The summed E-state index contributed by atoms with van der Waals surface area (Å²) in [5.41, 5.74) is 7.96. The molecule has 0 aliphatic rings. The van der Waals surface area contributed by atoms with Crippen molar-refractivity contribution in [3.8, 4) is 0 Å². The van der Waals surface area contributed by atoms with Crippen LogP contribution in [0.2, 0.25) is 0 Å². The third kappa shape index (κ3) is 1.59. The summed E-state index contributed by atoms with van der Waals surface area (Å²) in [5, 5.41) is 2.01. The van der Waals surface area contributed by atoms with E-state index < -0.39 is 0 Å². The molecule has 10 heavy (non-hydrogen) atoms. The van der Waals surface area contributed by atoms with Crippen LogP contribution < -0.4 is 5.73 Å². The summed E-state index contributed by atoms with van der Waals surface area (Å²) in [6.07, 6.45) is 0. The van der Waals surface area contributed by atoms with Crippen LogP contribution in [-0.2, 0) is 0 Å². The second-order valence-corrected chi connectivity index (χ2v) is 2.98. The highest BCUT2D eigenvalue weighted by atomic mass is 35.5. The zero-order chi connectivity index (χ0) is 7.40. The van der Waals surface area contributed by atoms with Gasteiger partial charge in [-0.05, 0) is 17.0 Å². The lowest BCUT2D eigenvalue weighted by atomic mass is 10.2. The Morgan fingerprint density at radius 1 is 1.80 bits per heavy atom. The highest BCUT2D eigenvalue weighted by Crippen LogP contribution is 2.19.